The number of rotatable bonds is 2. The Kier molecular flexibility index (Phi) is 2.90. The molecule has 1 aromatic heterocycles. The predicted octanol–water partition coefficient (Wildman–Crippen LogP) is 3.93. The number of imidazole rings is 1. The molecule has 0 radical (unpaired) electrons. The number of benzene rings is 3. The minimum absolute atomic E-state index is 0.632. The molecule has 0 aliphatic rings. The second kappa shape index (κ2) is 5.04. The highest BCUT2D eigenvalue weighted by atomic mass is 16.5. The van der Waals surface area contributed by atoms with Crippen LogP contribution in [-0.2, 0) is 0 Å². The van der Waals surface area contributed by atoms with E-state index in [2.05, 4.69) is 0 Å². The molecule has 0 saturated carbocycles. The maximum Gasteiger partial charge on any atom is 0.298 e. The summed E-state index contributed by atoms with van der Waals surface area (Å²) in [6.07, 6.45) is 0. The standard InChI is InChI=1S/C19H14N2O/c22-21-18-14-8-7-13-17(18)20(16-11-5-2-6-12-16)19(21)15-9-3-1-4-10-15/h1-14H. The van der Waals surface area contributed by atoms with E-state index in [4.69, 9.17) is 0 Å². The molecule has 4 aromatic rings. The number of aromatic nitrogens is 2. The van der Waals surface area contributed by atoms with Gasteiger partial charge in [0.05, 0.1) is 5.56 Å². The summed E-state index contributed by atoms with van der Waals surface area (Å²) in [6.45, 7) is 0. The van der Waals surface area contributed by atoms with Gasteiger partial charge in [0, 0.05) is 0 Å². The molecule has 0 spiro atoms. The molecule has 3 nitrogen and oxygen atoms in total. The zero-order chi connectivity index (χ0) is 14.9. The molecule has 0 amide bonds. The largest absolute Gasteiger partial charge is 0.710 e. The SMILES string of the molecule is [O-][n+]1c(-c2ccccc2)n(-c2ccccc2)c2ccccc21. The third-order valence-electron chi connectivity index (χ3n) is 3.79. The fourth-order valence-corrected chi connectivity index (χ4v) is 2.82. The van der Waals surface area contributed by atoms with Crippen molar-refractivity contribution in [2.45, 2.75) is 0 Å². The molecule has 0 unspecified atom stereocenters. The van der Waals surface area contributed by atoms with E-state index < -0.39 is 0 Å². The number of nitrogens with zero attached hydrogens (tertiary/aromatic N) is 2. The van der Waals surface area contributed by atoms with E-state index in [1.54, 1.807) is 0 Å². The van der Waals surface area contributed by atoms with Gasteiger partial charge in [0.15, 0.2) is 11.0 Å². The monoisotopic (exact) mass is 286 g/mol. The average molecular weight is 286 g/mol. The van der Waals surface area contributed by atoms with Gasteiger partial charge >= 0.3 is 0 Å². The van der Waals surface area contributed by atoms with Gasteiger partial charge in [-0.3, -0.25) is 0 Å². The zero-order valence-electron chi connectivity index (χ0n) is 11.9. The minimum atomic E-state index is 0.632. The first kappa shape index (κ1) is 12.7. The molecule has 0 bridgehead atoms. The number of hydrogen-bond acceptors (Lipinski definition) is 1. The average Bonchev–Trinajstić information content (AvgIpc) is 2.90. The summed E-state index contributed by atoms with van der Waals surface area (Å²) in [5.41, 5.74) is 3.46. The summed E-state index contributed by atoms with van der Waals surface area (Å²) in [5.74, 6) is 0.632. The van der Waals surface area contributed by atoms with Crippen molar-refractivity contribution < 1.29 is 4.73 Å². The highest BCUT2D eigenvalue weighted by Crippen LogP contribution is 2.26. The van der Waals surface area contributed by atoms with Crippen LogP contribution in [-0.4, -0.2) is 4.57 Å². The lowest BCUT2D eigenvalue weighted by atomic mass is 10.2. The van der Waals surface area contributed by atoms with Crippen molar-refractivity contribution >= 4 is 11.0 Å². The van der Waals surface area contributed by atoms with Gasteiger partial charge < -0.3 is 5.21 Å². The highest BCUT2D eigenvalue weighted by molar-refractivity contribution is 5.79. The van der Waals surface area contributed by atoms with Crippen LogP contribution in [0.1, 0.15) is 0 Å². The summed E-state index contributed by atoms with van der Waals surface area (Å²) in [6, 6.07) is 27.4. The van der Waals surface area contributed by atoms with E-state index in [0.717, 1.165) is 21.5 Å². The van der Waals surface area contributed by atoms with Gasteiger partial charge in [-0.25, -0.2) is 4.73 Å². The highest BCUT2D eigenvalue weighted by Gasteiger charge is 2.23. The van der Waals surface area contributed by atoms with Crippen LogP contribution in [0, 0.1) is 5.21 Å². The molecule has 4 rings (SSSR count). The minimum Gasteiger partial charge on any atom is -0.710 e. The van der Waals surface area contributed by atoms with E-state index >= 15 is 0 Å². The van der Waals surface area contributed by atoms with Crippen molar-refractivity contribution in [1.82, 2.24) is 4.57 Å². The molecule has 0 atom stereocenters. The summed E-state index contributed by atoms with van der Waals surface area (Å²) in [7, 11) is 0. The molecular formula is C19H14N2O. The fourth-order valence-electron chi connectivity index (χ4n) is 2.82. The van der Waals surface area contributed by atoms with E-state index in [9.17, 15) is 5.21 Å². The van der Waals surface area contributed by atoms with Gasteiger partial charge in [0.1, 0.15) is 5.69 Å². The van der Waals surface area contributed by atoms with Gasteiger partial charge in [-0.15, -0.1) is 0 Å². The summed E-state index contributed by atoms with van der Waals surface area (Å²) in [5, 5.41) is 12.8. The van der Waals surface area contributed by atoms with Crippen LogP contribution in [0.5, 0.6) is 0 Å². The zero-order valence-corrected chi connectivity index (χ0v) is 11.9. The molecule has 0 aliphatic carbocycles. The molecule has 106 valence electrons. The maximum atomic E-state index is 12.8. The van der Waals surface area contributed by atoms with Gasteiger partial charge in [0.2, 0.25) is 0 Å². The number of fused-ring (bicyclic) bond motifs is 1. The lowest BCUT2D eigenvalue weighted by Gasteiger charge is -2.06. The van der Waals surface area contributed by atoms with Crippen molar-refractivity contribution in [3.05, 3.63) is 90.1 Å². The lowest BCUT2D eigenvalue weighted by Crippen LogP contribution is -2.28. The third-order valence-corrected chi connectivity index (χ3v) is 3.79. The van der Waals surface area contributed by atoms with Crippen LogP contribution in [0.3, 0.4) is 0 Å². The quantitative estimate of drug-likeness (QED) is 0.406. The van der Waals surface area contributed by atoms with E-state index in [0.29, 0.717) is 11.3 Å². The second-order valence-electron chi connectivity index (χ2n) is 5.14. The van der Waals surface area contributed by atoms with Crippen molar-refractivity contribution in [2.24, 2.45) is 0 Å². The molecule has 0 saturated heterocycles. The molecule has 0 aliphatic heterocycles. The van der Waals surface area contributed by atoms with Crippen LogP contribution in [0.15, 0.2) is 84.9 Å². The van der Waals surface area contributed by atoms with E-state index in [1.165, 1.54) is 0 Å². The fraction of sp³-hybridized carbons (Fsp3) is 0. The normalized spacial score (nSPS) is 10.9. The predicted molar refractivity (Wildman–Crippen MR) is 87.7 cm³/mol. The van der Waals surface area contributed by atoms with E-state index in [-0.39, 0.29) is 0 Å². The van der Waals surface area contributed by atoms with Crippen LogP contribution < -0.4 is 4.73 Å². The van der Waals surface area contributed by atoms with Crippen LogP contribution in [0.25, 0.3) is 28.1 Å². The molecule has 0 fully saturated rings. The van der Waals surface area contributed by atoms with E-state index in [1.807, 2.05) is 89.5 Å². The van der Waals surface area contributed by atoms with Crippen molar-refractivity contribution in [2.75, 3.05) is 0 Å². The Hall–Kier alpha value is -3.07. The molecule has 0 N–H and O–H groups in total. The molecule has 22 heavy (non-hydrogen) atoms. The Bertz CT molecular complexity index is 928. The lowest BCUT2D eigenvalue weighted by molar-refractivity contribution is -0.565. The molecule has 1 heterocycles. The summed E-state index contributed by atoms with van der Waals surface area (Å²) in [4.78, 5) is 0. The van der Waals surface area contributed by atoms with Crippen LogP contribution >= 0.6 is 0 Å². The van der Waals surface area contributed by atoms with Crippen molar-refractivity contribution in [3.63, 3.8) is 0 Å². The van der Waals surface area contributed by atoms with Crippen molar-refractivity contribution in [3.8, 4) is 17.1 Å². The first-order valence-electron chi connectivity index (χ1n) is 7.20. The number of hydrogen-bond donors (Lipinski definition) is 0. The Morgan fingerprint density at radius 1 is 0.682 bits per heavy atom. The topological polar surface area (TPSA) is 31.9 Å². The van der Waals surface area contributed by atoms with Gasteiger partial charge in [-0.2, -0.15) is 4.57 Å². The smallest absolute Gasteiger partial charge is 0.298 e. The van der Waals surface area contributed by atoms with Crippen LogP contribution in [0.2, 0.25) is 0 Å². The Labute approximate surface area is 128 Å². The second-order valence-corrected chi connectivity index (χ2v) is 5.14. The van der Waals surface area contributed by atoms with Crippen molar-refractivity contribution in [1.29, 1.82) is 0 Å². The first-order chi connectivity index (χ1) is 10.9. The van der Waals surface area contributed by atoms with Gasteiger partial charge in [-0.1, -0.05) is 48.5 Å². The molecule has 3 aromatic carbocycles. The first-order valence-corrected chi connectivity index (χ1v) is 7.20. The third kappa shape index (κ3) is 1.87. The molecular weight excluding hydrogens is 272 g/mol. The Balaban J connectivity index is 2.14. The summed E-state index contributed by atoms with van der Waals surface area (Å²) >= 11 is 0. The Morgan fingerprint density at radius 2 is 1.27 bits per heavy atom. The Morgan fingerprint density at radius 3 is 2.00 bits per heavy atom. The summed E-state index contributed by atoms with van der Waals surface area (Å²) < 4.78 is 3.02. The maximum absolute atomic E-state index is 12.8. The molecule has 3 heteroatoms. The number of para-hydroxylation sites is 3. The van der Waals surface area contributed by atoms with Gasteiger partial charge in [-0.05, 0) is 36.4 Å². The van der Waals surface area contributed by atoms with Crippen LogP contribution in [0.4, 0.5) is 0 Å². The van der Waals surface area contributed by atoms with Gasteiger partial charge in [0.25, 0.3) is 5.82 Å².